The van der Waals surface area contributed by atoms with Crippen molar-refractivity contribution in [2.45, 2.75) is 33.9 Å². The minimum Gasteiger partial charge on any atom is -0.309 e. The number of nitrogens with one attached hydrogen (secondary N) is 1. The molecule has 2 rings (SSSR count). The summed E-state index contributed by atoms with van der Waals surface area (Å²) in [6, 6.07) is 8.58. The van der Waals surface area contributed by atoms with Crippen molar-refractivity contribution in [2.24, 2.45) is 0 Å². The lowest BCUT2D eigenvalue weighted by Gasteiger charge is -2.12. The zero-order chi connectivity index (χ0) is 13.0. The molecule has 0 aliphatic carbocycles. The fourth-order valence-electron chi connectivity index (χ4n) is 2.32. The maximum atomic E-state index is 4.02. The molecule has 0 fully saturated rings. The second-order valence-electron chi connectivity index (χ2n) is 4.84. The lowest BCUT2D eigenvalue weighted by atomic mass is 10.00. The highest BCUT2D eigenvalue weighted by Gasteiger charge is 2.03. The van der Waals surface area contributed by atoms with Crippen LogP contribution in [0.4, 0.5) is 0 Å². The summed E-state index contributed by atoms with van der Waals surface area (Å²) < 4.78 is 0. The summed E-state index contributed by atoms with van der Waals surface area (Å²) in [5.41, 5.74) is 6.76. The molecule has 0 aliphatic rings. The third kappa shape index (κ3) is 3.17. The molecular formula is C16H20N2. The maximum Gasteiger partial charge on any atom is 0.0271 e. The number of aromatic nitrogens is 1. The Labute approximate surface area is 109 Å². The molecule has 94 valence electrons. The summed E-state index contributed by atoms with van der Waals surface area (Å²) in [6.45, 7) is 8.32. The van der Waals surface area contributed by atoms with E-state index in [1.54, 1.807) is 0 Å². The second kappa shape index (κ2) is 5.78. The standard InChI is InChI=1S/C16H20N2/c1-12-8-13(2)16(14(3)9-12)11-18-10-15-4-6-17-7-5-15/h4-9,18H,10-11H2,1-3H3. The molecule has 0 atom stereocenters. The first-order chi connectivity index (χ1) is 8.66. The van der Waals surface area contributed by atoms with Gasteiger partial charge >= 0.3 is 0 Å². The van der Waals surface area contributed by atoms with E-state index in [-0.39, 0.29) is 0 Å². The van der Waals surface area contributed by atoms with Crippen LogP contribution in [0.3, 0.4) is 0 Å². The van der Waals surface area contributed by atoms with E-state index >= 15 is 0 Å². The lowest BCUT2D eigenvalue weighted by molar-refractivity contribution is 0.687. The highest BCUT2D eigenvalue weighted by Crippen LogP contribution is 2.16. The number of rotatable bonds is 4. The number of hydrogen-bond acceptors (Lipinski definition) is 2. The Balaban J connectivity index is 1.99. The molecule has 0 saturated carbocycles. The number of hydrogen-bond donors (Lipinski definition) is 1. The predicted molar refractivity (Wildman–Crippen MR) is 75.4 cm³/mol. The first kappa shape index (κ1) is 12.8. The van der Waals surface area contributed by atoms with Crippen molar-refractivity contribution in [3.8, 4) is 0 Å². The molecule has 2 nitrogen and oxygen atoms in total. The molecule has 0 bridgehead atoms. The molecule has 1 heterocycles. The molecule has 2 aromatic rings. The summed E-state index contributed by atoms with van der Waals surface area (Å²) in [5, 5.41) is 3.49. The first-order valence-electron chi connectivity index (χ1n) is 6.33. The van der Waals surface area contributed by atoms with Crippen LogP contribution < -0.4 is 5.32 Å². The van der Waals surface area contributed by atoms with Gasteiger partial charge in [0.2, 0.25) is 0 Å². The van der Waals surface area contributed by atoms with Crippen LogP contribution in [0.1, 0.15) is 27.8 Å². The van der Waals surface area contributed by atoms with Crippen molar-refractivity contribution in [1.82, 2.24) is 10.3 Å². The van der Waals surface area contributed by atoms with E-state index in [1.165, 1.54) is 27.8 Å². The summed E-state index contributed by atoms with van der Waals surface area (Å²) in [7, 11) is 0. The van der Waals surface area contributed by atoms with Crippen molar-refractivity contribution >= 4 is 0 Å². The summed E-state index contributed by atoms with van der Waals surface area (Å²) in [6.07, 6.45) is 3.67. The Morgan fingerprint density at radius 3 is 2.17 bits per heavy atom. The lowest BCUT2D eigenvalue weighted by Crippen LogP contribution is -2.14. The van der Waals surface area contributed by atoms with Crippen molar-refractivity contribution < 1.29 is 0 Å². The third-order valence-electron chi connectivity index (χ3n) is 3.22. The van der Waals surface area contributed by atoms with E-state index in [2.05, 4.69) is 43.2 Å². The van der Waals surface area contributed by atoms with Gasteiger partial charge in [0.25, 0.3) is 0 Å². The van der Waals surface area contributed by atoms with Crippen LogP contribution in [0.2, 0.25) is 0 Å². The van der Waals surface area contributed by atoms with Crippen LogP contribution in [0.15, 0.2) is 36.7 Å². The summed E-state index contributed by atoms with van der Waals surface area (Å²) in [4.78, 5) is 4.02. The zero-order valence-electron chi connectivity index (χ0n) is 11.3. The number of aryl methyl sites for hydroxylation is 3. The van der Waals surface area contributed by atoms with Gasteiger partial charge in [-0.25, -0.2) is 0 Å². The van der Waals surface area contributed by atoms with E-state index in [1.807, 2.05) is 24.5 Å². The molecule has 0 amide bonds. The largest absolute Gasteiger partial charge is 0.309 e. The fourth-order valence-corrected chi connectivity index (χ4v) is 2.32. The zero-order valence-corrected chi connectivity index (χ0v) is 11.3. The van der Waals surface area contributed by atoms with Crippen LogP contribution in [0.25, 0.3) is 0 Å². The molecule has 0 aliphatic heterocycles. The van der Waals surface area contributed by atoms with Crippen molar-refractivity contribution in [1.29, 1.82) is 0 Å². The Bertz CT molecular complexity index is 495. The summed E-state index contributed by atoms with van der Waals surface area (Å²) in [5.74, 6) is 0. The molecule has 1 aromatic carbocycles. The normalized spacial score (nSPS) is 10.6. The van der Waals surface area contributed by atoms with E-state index in [0.29, 0.717) is 0 Å². The Morgan fingerprint density at radius 2 is 1.56 bits per heavy atom. The van der Waals surface area contributed by atoms with Crippen LogP contribution in [0.5, 0.6) is 0 Å². The average Bonchev–Trinajstić information content (AvgIpc) is 2.34. The van der Waals surface area contributed by atoms with Gasteiger partial charge in [-0.15, -0.1) is 0 Å². The minimum atomic E-state index is 0.884. The van der Waals surface area contributed by atoms with Gasteiger partial charge < -0.3 is 5.32 Å². The molecular weight excluding hydrogens is 220 g/mol. The fraction of sp³-hybridized carbons (Fsp3) is 0.312. The van der Waals surface area contributed by atoms with Gasteiger partial charge in [-0.3, -0.25) is 4.98 Å². The third-order valence-corrected chi connectivity index (χ3v) is 3.22. The Morgan fingerprint density at radius 1 is 0.944 bits per heavy atom. The minimum absolute atomic E-state index is 0.884. The smallest absolute Gasteiger partial charge is 0.0271 e. The molecule has 1 N–H and O–H groups in total. The second-order valence-corrected chi connectivity index (χ2v) is 4.84. The average molecular weight is 240 g/mol. The quantitative estimate of drug-likeness (QED) is 0.887. The van der Waals surface area contributed by atoms with Gasteiger partial charge in [-0.2, -0.15) is 0 Å². The monoisotopic (exact) mass is 240 g/mol. The molecule has 1 aromatic heterocycles. The number of pyridine rings is 1. The molecule has 0 spiro atoms. The summed E-state index contributed by atoms with van der Waals surface area (Å²) >= 11 is 0. The number of benzene rings is 1. The van der Waals surface area contributed by atoms with Gasteiger partial charge in [-0.1, -0.05) is 17.7 Å². The van der Waals surface area contributed by atoms with Gasteiger partial charge in [0.15, 0.2) is 0 Å². The van der Waals surface area contributed by atoms with Gasteiger partial charge in [0, 0.05) is 25.5 Å². The highest BCUT2D eigenvalue weighted by molar-refractivity contribution is 5.37. The van der Waals surface area contributed by atoms with Crippen LogP contribution in [-0.2, 0) is 13.1 Å². The van der Waals surface area contributed by atoms with E-state index in [9.17, 15) is 0 Å². The number of nitrogens with zero attached hydrogens (tertiary/aromatic N) is 1. The topological polar surface area (TPSA) is 24.9 Å². The molecule has 18 heavy (non-hydrogen) atoms. The van der Waals surface area contributed by atoms with Crippen LogP contribution >= 0.6 is 0 Å². The predicted octanol–water partition coefficient (Wildman–Crippen LogP) is 3.30. The van der Waals surface area contributed by atoms with Gasteiger partial charge in [-0.05, 0) is 55.2 Å². The highest BCUT2D eigenvalue weighted by atomic mass is 14.8. The van der Waals surface area contributed by atoms with Crippen molar-refractivity contribution in [2.75, 3.05) is 0 Å². The maximum absolute atomic E-state index is 4.02. The Kier molecular flexibility index (Phi) is 4.11. The first-order valence-corrected chi connectivity index (χ1v) is 6.33. The van der Waals surface area contributed by atoms with Crippen LogP contribution in [-0.4, -0.2) is 4.98 Å². The van der Waals surface area contributed by atoms with Crippen molar-refractivity contribution in [3.05, 3.63) is 64.5 Å². The van der Waals surface area contributed by atoms with Crippen molar-refractivity contribution in [3.63, 3.8) is 0 Å². The van der Waals surface area contributed by atoms with E-state index in [0.717, 1.165) is 13.1 Å². The van der Waals surface area contributed by atoms with E-state index < -0.39 is 0 Å². The molecule has 0 unspecified atom stereocenters. The SMILES string of the molecule is Cc1cc(C)c(CNCc2ccncc2)c(C)c1. The Hall–Kier alpha value is -1.67. The molecule has 0 saturated heterocycles. The van der Waals surface area contributed by atoms with Gasteiger partial charge in [0.05, 0.1) is 0 Å². The van der Waals surface area contributed by atoms with Crippen LogP contribution in [0, 0.1) is 20.8 Å². The van der Waals surface area contributed by atoms with E-state index in [4.69, 9.17) is 0 Å². The van der Waals surface area contributed by atoms with Gasteiger partial charge in [0.1, 0.15) is 0 Å². The molecule has 2 heteroatoms. The molecule has 0 radical (unpaired) electrons.